The highest BCUT2D eigenvalue weighted by Gasteiger charge is 2.09. The van der Waals surface area contributed by atoms with Gasteiger partial charge in [0.1, 0.15) is 18.2 Å². The summed E-state index contributed by atoms with van der Waals surface area (Å²) in [5, 5.41) is 3.76. The number of nitrogens with one attached hydrogen (secondary N) is 1. The molecule has 0 fully saturated rings. The monoisotopic (exact) mass is 398 g/mol. The molecular weight excluding hydrogens is 376 g/mol. The van der Waals surface area contributed by atoms with Gasteiger partial charge >= 0.3 is 0 Å². The molecule has 0 aliphatic rings. The molecule has 0 amide bonds. The lowest BCUT2D eigenvalue weighted by molar-refractivity contribution is 0.230. The summed E-state index contributed by atoms with van der Waals surface area (Å²) in [4.78, 5) is 14.9. The quantitative estimate of drug-likeness (QED) is 0.598. The van der Waals surface area contributed by atoms with Crippen molar-refractivity contribution in [1.82, 2.24) is 19.9 Å². The Labute approximate surface area is 169 Å². The van der Waals surface area contributed by atoms with E-state index in [9.17, 15) is 0 Å². The zero-order valence-electron chi connectivity index (χ0n) is 15.9. The number of para-hydroxylation sites is 1. The molecule has 0 unspecified atom stereocenters. The van der Waals surface area contributed by atoms with E-state index in [2.05, 4.69) is 20.3 Å². The molecule has 2 aromatic carbocycles. The first-order valence-electron chi connectivity index (χ1n) is 8.89. The number of likely N-dealkylation sites (N-methyl/N-ethyl adjacent to an activating group) is 1. The second kappa shape index (κ2) is 9.34. The number of ether oxygens (including phenoxy) is 1. The van der Waals surface area contributed by atoms with E-state index in [1.807, 2.05) is 61.3 Å². The van der Waals surface area contributed by atoms with Crippen molar-refractivity contribution in [2.75, 3.05) is 31.2 Å². The first-order chi connectivity index (χ1) is 13.5. The molecule has 0 bridgehead atoms. The lowest BCUT2D eigenvalue weighted by atomic mass is 10.2. The lowest BCUT2D eigenvalue weighted by Gasteiger charge is -2.17. The van der Waals surface area contributed by atoms with Crippen molar-refractivity contribution in [3.05, 3.63) is 64.9 Å². The zero-order valence-corrected chi connectivity index (χ0v) is 16.6. The molecule has 0 aliphatic carbocycles. The molecule has 0 spiro atoms. The second-order valence-electron chi connectivity index (χ2n) is 6.44. The number of aryl methyl sites for hydroxylation is 1. The number of halogens is 1. The second-order valence-corrected chi connectivity index (χ2v) is 6.85. The molecule has 0 aliphatic heterocycles. The van der Waals surface area contributed by atoms with Gasteiger partial charge in [-0.15, -0.1) is 0 Å². The van der Waals surface area contributed by atoms with Crippen molar-refractivity contribution in [3.8, 4) is 5.75 Å². The topological polar surface area (TPSA) is 89.2 Å². The Bertz CT molecular complexity index is 919. The summed E-state index contributed by atoms with van der Waals surface area (Å²) in [5.41, 5.74) is 7.92. The van der Waals surface area contributed by atoms with E-state index in [1.54, 1.807) is 6.07 Å². The fraction of sp³-hybridized carbons (Fsp3) is 0.250. The Morgan fingerprint density at radius 3 is 2.57 bits per heavy atom. The minimum absolute atomic E-state index is 0.181. The van der Waals surface area contributed by atoms with Crippen LogP contribution in [0.1, 0.15) is 11.4 Å². The normalized spacial score (nSPS) is 10.9. The molecule has 1 heterocycles. The molecule has 3 rings (SSSR count). The van der Waals surface area contributed by atoms with Crippen LogP contribution < -0.4 is 15.8 Å². The number of aromatic nitrogens is 3. The van der Waals surface area contributed by atoms with E-state index in [-0.39, 0.29) is 5.95 Å². The van der Waals surface area contributed by atoms with Crippen LogP contribution >= 0.6 is 11.6 Å². The minimum Gasteiger partial charge on any atom is -0.491 e. The van der Waals surface area contributed by atoms with Gasteiger partial charge < -0.3 is 15.8 Å². The summed E-state index contributed by atoms with van der Waals surface area (Å²) in [6.45, 7) is 3.72. The van der Waals surface area contributed by atoms with Crippen molar-refractivity contribution in [2.24, 2.45) is 0 Å². The van der Waals surface area contributed by atoms with E-state index in [4.69, 9.17) is 22.1 Å². The van der Waals surface area contributed by atoms with Gasteiger partial charge in [0.15, 0.2) is 0 Å². The predicted octanol–water partition coefficient (Wildman–Crippen LogP) is 3.67. The van der Waals surface area contributed by atoms with Crippen molar-refractivity contribution in [3.63, 3.8) is 0 Å². The number of benzene rings is 2. The number of nitrogens with zero attached hydrogens (tertiary/aromatic N) is 4. The van der Waals surface area contributed by atoms with E-state index < -0.39 is 0 Å². The third-order valence-corrected chi connectivity index (χ3v) is 4.30. The summed E-state index contributed by atoms with van der Waals surface area (Å²) < 4.78 is 5.72. The molecule has 28 heavy (non-hydrogen) atoms. The van der Waals surface area contributed by atoms with Crippen LogP contribution in [-0.2, 0) is 6.54 Å². The van der Waals surface area contributed by atoms with Gasteiger partial charge in [-0.25, -0.2) is 0 Å². The van der Waals surface area contributed by atoms with Gasteiger partial charge in [0.05, 0.1) is 11.6 Å². The zero-order chi connectivity index (χ0) is 19.9. The van der Waals surface area contributed by atoms with Gasteiger partial charge in [-0.3, -0.25) is 4.90 Å². The molecule has 3 aromatic rings. The average Bonchev–Trinajstić information content (AvgIpc) is 2.65. The summed E-state index contributed by atoms with van der Waals surface area (Å²) in [6, 6.07) is 15.4. The van der Waals surface area contributed by atoms with Crippen molar-refractivity contribution in [2.45, 2.75) is 13.5 Å². The Balaban J connectivity index is 1.56. The molecule has 0 saturated heterocycles. The predicted molar refractivity (Wildman–Crippen MR) is 112 cm³/mol. The van der Waals surface area contributed by atoms with Gasteiger partial charge in [0.25, 0.3) is 0 Å². The van der Waals surface area contributed by atoms with Crippen LogP contribution in [0.15, 0.2) is 48.5 Å². The fourth-order valence-electron chi connectivity index (χ4n) is 2.52. The Morgan fingerprint density at radius 2 is 1.82 bits per heavy atom. The first kappa shape index (κ1) is 19.9. The van der Waals surface area contributed by atoms with Gasteiger partial charge in [-0.1, -0.05) is 41.4 Å². The summed E-state index contributed by atoms with van der Waals surface area (Å²) in [5.74, 6) is 1.86. The Hall–Kier alpha value is -2.90. The van der Waals surface area contributed by atoms with Crippen LogP contribution in [0.25, 0.3) is 0 Å². The first-order valence-corrected chi connectivity index (χ1v) is 9.27. The van der Waals surface area contributed by atoms with Gasteiger partial charge in [-0.2, -0.15) is 15.0 Å². The number of nitrogens with two attached hydrogens (primary N) is 1. The number of anilines is 3. The maximum Gasteiger partial charge on any atom is 0.232 e. The summed E-state index contributed by atoms with van der Waals surface area (Å²) in [6.07, 6.45) is 0. The van der Waals surface area contributed by atoms with E-state index in [0.717, 1.165) is 5.69 Å². The standard InChI is InChI=1S/C20H23ClN6O/c1-14-7-9-15(10-8-14)23-20-25-18(24-19(22)26-20)13-27(2)11-12-28-17-6-4-3-5-16(17)21/h3-10H,11-13H2,1-2H3,(H3,22,23,24,25,26). The van der Waals surface area contributed by atoms with Crippen LogP contribution in [-0.4, -0.2) is 40.1 Å². The number of rotatable bonds is 8. The number of hydrogen-bond acceptors (Lipinski definition) is 7. The number of nitrogen functional groups attached to an aromatic ring is 1. The maximum atomic E-state index is 6.09. The van der Waals surface area contributed by atoms with Crippen LogP contribution in [0.4, 0.5) is 17.6 Å². The molecule has 146 valence electrons. The SMILES string of the molecule is Cc1ccc(Nc2nc(N)nc(CN(C)CCOc3ccccc3Cl)n2)cc1. The minimum atomic E-state index is 0.181. The molecule has 8 heteroatoms. The van der Waals surface area contributed by atoms with E-state index in [1.165, 1.54) is 5.56 Å². The maximum absolute atomic E-state index is 6.09. The Kier molecular flexibility index (Phi) is 6.62. The lowest BCUT2D eigenvalue weighted by Crippen LogP contribution is -2.25. The molecular formula is C20H23ClN6O. The van der Waals surface area contributed by atoms with Crippen LogP contribution in [0.3, 0.4) is 0 Å². The van der Waals surface area contributed by atoms with Crippen LogP contribution in [0.5, 0.6) is 5.75 Å². The smallest absolute Gasteiger partial charge is 0.232 e. The summed E-state index contributed by atoms with van der Waals surface area (Å²) in [7, 11) is 1.96. The van der Waals surface area contributed by atoms with Gasteiger partial charge in [0, 0.05) is 12.2 Å². The summed E-state index contributed by atoms with van der Waals surface area (Å²) >= 11 is 6.09. The van der Waals surface area contributed by atoms with E-state index >= 15 is 0 Å². The molecule has 7 nitrogen and oxygen atoms in total. The van der Waals surface area contributed by atoms with E-state index in [0.29, 0.717) is 42.2 Å². The highest BCUT2D eigenvalue weighted by Crippen LogP contribution is 2.23. The van der Waals surface area contributed by atoms with Gasteiger partial charge in [-0.05, 0) is 38.2 Å². The molecule has 1 aromatic heterocycles. The number of hydrogen-bond donors (Lipinski definition) is 2. The Morgan fingerprint density at radius 1 is 1.07 bits per heavy atom. The average molecular weight is 399 g/mol. The van der Waals surface area contributed by atoms with Crippen molar-refractivity contribution < 1.29 is 4.74 Å². The van der Waals surface area contributed by atoms with Crippen LogP contribution in [0.2, 0.25) is 5.02 Å². The molecule has 0 atom stereocenters. The third kappa shape index (κ3) is 5.80. The largest absolute Gasteiger partial charge is 0.491 e. The van der Waals surface area contributed by atoms with Crippen molar-refractivity contribution in [1.29, 1.82) is 0 Å². The van der Waals surface area contributed by atoms with Crippen molar-refractivity contribution >= 4 is 29.2 Å². The third-order valence-electron chi connectivity index (χ3n) is 3.99. The molecule has 0 saturated carbocycles. The van der Waals surface area contributed by atoms with Gasteiger partial charge in [0.2, 0.25) is 11.9 Å². The van der Waals surface area contributed by atoms with Crippen LogP contribution in [0, 0.1) is 6.92 Å². The fourth-order valence-corrected chi connectivity index (χ4v) is 2.71. The highest BCUT2D eigenvalue weighted by molar-refractivity contribution is 6.32. The molecule has 3 N–H and O–H groups in total. The highest BCUT2D eigenvalue weighted by atomic mass is 35.5. The molecule has 0 radical (unpaired) electrons.